The van der Waals surface area contributed by atoms with Crippen LogP contribution in [0, 0.1) is 11.8 Å². The van der Waals surface area contributed by atoms with Gasteiger partial charge in [-0.05, 0) is 31.8 Å². The average Bonchev–Trinajstić information content (AvgIpc) is 2.49. The van der Waals surface area contributed by atoms with Crippen LogP contribution in [0.2, 0.25) is 0 Å². The van der Waals surface area contributed by atoms with Crippen molar-refractivity contribution in [3.05, 3.63) is 0 Å². The van der Waals surface area contributed by atoms with Crippen molar-refractivity contribution in [2.75, 3.05) is 26.7 Å². The number of hydrogen-bond acceptors (Lipinski definition) is 2. The molecule has 1 N–H and O–H groups in total. The molecule has 3 heteroatoms. The maximum absolute atomic E-state index is 11.6. The Morgan fingerprint density at radius 1 is 1.57 bits per heavy atom. The Hall–Kier alpha value is -0.570. The molecule has 1 fully saturated rings. The van der Waals surface area contributed by atoms with Crippen molar-refractivity contribution < 1.29 is 4.79 Å². The number of hydrogen-bond donors (Lipinski definition) is 1. The Morgan fingerprint density at radius 3 is 2.79 bits per heavy atom. The van der Waals surface area contributed by atoms with Crippen LogP contribution in [0.25, 0.3) is 0 Å². The van der Waals surface area contributed by atoms with Gasteiger partial charge >= 0.3 is 0 Å². The van der Waals surface area contributed by atoms with Crippen molar-refractivity contribution in [1.82, 2.24) is 10.2 Å². The summed E-state index contributed by atoms with van der Waals surface area (Å²) < 4.78 is 0. The Labute approximate surface area is 86.9 Å². The number of rotatable bonds is 5. The van der Waals surface area contributed by atoms with E-state index in [1.54, 1.807) is 0 Å². The van der Waals surface area contributed by atoms with Crippen LogP contribution in [-0.2, 0) is 4.79 Å². The van der Waals surface area contributed by atoms with E-state index in [1.165, 1.54) is 0 Å². The third-order valence-electron chi connectivity index (χ3n) is 3.04. The molecule has 14 heavy (non-hydrogen) atoms. The Balaban J connectivity index is 2.30. The fourth-order valence-corrected chi connectivity index (χ4v) is 1.91. The molecule has 1 aliphatic rings. The largest absolute Gasteiger partial charge is 0.342 e. The van der Waals surface area contributed by atoms with Crippen LogP contribution >= 0.6 is 0 Å². The van der Waals surface area contributed by atoms with E-state index in [4.69, 9.17) is 0 Å². The van der Waals surface area contributed by atoms with Crippen molar-refractivity contribution in [2.24, 2.45) is 11.8 Å². The first kappa shape index (κ1) is 11.5. The van der Waals surface area contributed by atoms with Gasteiger partial charge in [0.05, 0.1) is 0 Å². The molecule has 0 bridgehead atoms. The van der Waals surface area contributed by atoms with Gasteiger partial charge in [0.2, 0.25) is 5.91 Å². The summed E-state index contributed by atoms with van der Waals surface area (Å²) in [5.74, 6) is 1.56. The van der Waals surface area contributed by atoms with E-state index >= 15 is 0 Å². The maximum atomic E-state index is 11.6. The third kappa shape index (κ3) is 2.98. The molecule has 0 aromatic rings. The zero-order valence-corrected chi connectivity index (χ0v) is 9.55. The molecule has 1 atom stereocenters. The van der Waals surface area contributed by atoms with Gasteiger partial charge in [0.25, 0.3) is 0 Å². The molecule has 1 amide bonds. The lowest BCUT2D eigenvalue weighted by Gasteiger charge is -2.17. The molecule has 82 valence electrons. The van der Waals surface area contributed by atoms with Crippen LogP contribution in [0.5, 0.6) is 0 Å². The van der Waals surface area contributed by atoms with Crippen molar-refractivity contribution in [3.63, 3.8) is 0 Å². The molecular weight excluding hydrogens is 176 g/mol. The predicted octanol–water partition coefficient (Wildman–Crippen LogP) is 1.10. The zero-order valence-electron chi connectivity index (χ0n) is 9.55. The highest BCUT2D eigenvalue weighted by Gasteiger charge is 2.30. The highest BCUT2D eigenvalue weighted by atomic mass is 16.2. The number of carbonyl (C=O) groups is 1. The number of amides is 1. The summed E-state index contributed by atoms with van der Waals surface area (Å²) in [5.41, 5.74) is 0. The average molecular weight is 198 g/mol. The van der Waals surface area contributed by atoms with E-state index in [0.717, 1.165) is 32.5 Å². The Morgan fingerprint density at radius 2 is 2.29 bits per heavy atom. The van der Waals surface area contributed by atoms with Gasteiger partial charge < -0.3 is 10.2 Å². The molecule has 1 rings (SSSR count). The second kappa shape index (κ2) is 5.35. The van der Waals surface area contributed by atoms with Crippen molar-refractivity contribution in [3.8, 4) is 0 Å². The van der Waals surface area contributed by atoms with Crippen LogP contribution in [0.4, 0.5) is 0 Å². The summed E-state index contributed by atoms with van der Waals surface area (Å²) in [6.45, 7) is 7.29. The number of nitrogens with one attached hydrogen (secondary N) is 1. The van der Waals surface area contributed by atoms with Gasteiger partial charge in [0, 0.05) is 19.5 Å². The summed E-state index contributed by atoms with van der Waals surface area (Å²) in [6.07, 6.45) is 1.82. The molecule has 1 heterocycles. The molecule has 0 saturated carbocycles. The minimum atomic E-state index is 0.347. The van der Waals surface area contributed by atoms with E-state index < -0.39 is 0 Å². The molecular formula is C11H22N2O. The molecule has 0 radical (unpaired) electrons. The van der Waals surface area contributed by atoms with Gasteiger partial charge in [-0.25, -0.2) is 0 Å². The zero-order chi connectivity index (χ0) is 10.6. The summed E-state index contributed by atoms with van der Waals surface area (Å²) in [5, 5.41) is 3.10. The first-order valence-corrected chi connectivity index (χ1v) is 5.57. The maximum Gasteiger partial charge on any atom is 0.222 e. The molecule has 1 unspecified atom stereocenters. The lowest BCUT2D eigenvalue weighted by atomic mass is 9.95. The fourth-order valence-electron chi connectivity index (χ4n) is 1.91. The topological polar surface area (TPSA) is 32.3 Å². The Bertz CT molecular complexity index is 192. The highest BCUT2D eigenvalue weighted by Crippen LogP contribution is 2.24. The highest BCUT2D eigenvalue weighted by molar-refractivity contribution is 5.78. The normalized spacial score (nSPS) is 22.4. The van der Waals surface area contributed by atoms with E-state index in [9.17, 15) is 4.79 Å². The lowest BCUT2D eigenvalue weighted by molar-refractivity contribution is -0.127. The summed E-state index contributed by atoms with van der Waals surface area (Å²) in [7, 11) is 1.95. The van der Waals surface area contributed by atoms with Gasteiger partial charge in [0.15, 0.2) is 0 Å². The van der Waals surface area contributed by atoms with Crippen molar-refractivity contribution >= 4 is 5.91 Å². The lowest BCUT2D eigenvalue weighted by Crippen LogP contribution is -2.28. The third-order valence-corrected chi connectivity index (χ3v) is 3.04. The van der Waals surface area contributed by atoms with Crippen molar-refractivity contribution in [1.29, 1.82) is 0 Å². The van der Waals surface area contributed by atoms with Gasteiger partial charge in [-0.3, -0.25) is 4.79 Å². The van der Waals surface area contributed by atoms with Crippen LogP contribution in [0.3, 0.4) is 0 Å². The molecule has 1 aliphatic heterocycles. The summed E-state index contributed by atoms with van der Waals surface area (Å²) >= 11 is 0. The molecule has 0 aromatic heterocycles. The first-order valence-electron chi connectivity index (χ1n) is 5.57. The number of carbonyl (C=O) groups excluding carboxylic acids is 1. The van der Waals surface area contributed by atoms with E-state index in [0.29, 0.717) is 17.7 Å². The molecule has 0 aliphatic carbocycles. The Kier molecular flexibility index (Phi) is 4.39. The SMILES string of the molecule is CNCCCN1CC(C(C)C)CC1=O. The minimum Gasteiger partial charge on any atom is -0.342 e. The fraction of sp³-hybridized carbons (Fsp3) is 0.909. The second-order valence-electron chi connectivity index (χ2n) is 4.51. The molecule has 1 saturated heterocycles. The van der Waals surface area contributed by atoms with E-state index in [2.05, 4.69) is 19.2 Å². The standard InChI is InChI=1S/C11H22N2O/c1-9(2)10-7-11(14)13(8-10)6-4-5-12-3/h9-10,12H,4-8H2,1-3H3. The van der Waals surface area contributed by atoms with Crippen LogP contribution in [0.1, 0.15) is 26.7 Å². The summed E-state index contributed by atoms with van der Waals surface area (Å²) in [6, 6.07) is 0. The number of likely N-dealkylation sites (tertiary alicyclic amines) is 1. The van der Waals surface area contributed by atoms with Crippen LogP contribution in [0.15, 0.2) is 0 Å². The molecule has 3 nitrogen and oxygen atoms in total. The second-order valence-corrected chi connectivity index (χ2v) is 4.51. The predicted molar refractivity (Wildman–Crippen MR) is 58.1 cm³/mol. The smallest absolute Gasteiger partial charge is 0.222 e. The monoisotopic (exact) mass is 198 g/mol. The van der Waals surface area contributed by atoms with E-state index in [-0.39, 0.29) is 0 Å². The first-order chi connectivity index (χ1) is 6.65. The number of nitrogens with zero attached hydrogens (tertiary/aromatic N) is 1. The van der Waals surface area contributed by atoms with Crippen molar-refractivity contribution in [2.45, 2.75) is 26.7 Å². The van der Waals surface area contributed by atoms with Gasteiger partial charge in [-0.15, -0.1) is 0 Å². The molecule has 0 aromatic carbocycles. The van der Waals surface area contributed by atoms with E-state index in [1.807, 2.05) is 11.9 Å². The van der Waals surface area contributed by atoms with Gasteiger partial charge in [0.1, 0.15) is 0 Å². The summed E-state index contributed by atoms with van der Waals surface area (Å²) in [4.78, 5) is 13.6. The quantitative estimate of drug-likeness (QED) is 0.671. The molecule has 0 spiro atoms. The van der Waals surface area contributed by atoms with Gasteiger partial charge in [-0.1, -0.05) is 13.8 Å². The van der Waals surface area contributed by atoms with Gasteiger partial charge in [-0.2, -0.15) is 0 Å². The van der Waals surface area contributed by atoms with Crippen LogP contribution in [-0.4, -0.2) is 37.5 Å². The minimum absolute atomic E-state index is 0.347. The van der Waals surface area contributed by atoms with Crippen LogP contribution < -0.4 is 5.32 Å².